The Balaban J connectivity index is 2.06. The molecule has 11 nitrogen and oxygen atoms in total. The van der Waals surface area contributed by atoms with E-state index in [1.807, 2.05) is 6.92 Å². The van der Waals surface area contributed by atoms with Crippen LogP contribution in [0.25, 0.3) is 0 Å². The van der Waals surface area contributed by atoms with Crippen LogP contribution >= 0.6 is 0 Å². The third kappa shape index (κ3) is 5.14. The summed E-state index contributed by atoms with van der Waals surface area (Å²) in [6, 6.07) is 0. The van der Waals surface area contributed by atoms with Crippen molar-refractivity contribution in [1.82, 2.24) is 0 Å². The molecule has 2 fully saturated rings. The SMILES string of the molecule is CCCCO[C@@H]1O[C@H](CO)[C@@H](OC2O[C@H](CO)[C@H](O)[C@H](O)[C@H]2O)[C@H](O)[C@H]1O. The predicted molar refractivity (Wildman–Crippen MR) is 87.3 cm³/mol. The topological polar surface area (TPSA) is 179 Å². The van der Waals surface area contributed by atoms with E-state index in [-0.39, 0.29) is 0 Å². The Labute approximate surface area is 156 Å². The van der Waals surface area contributed by atoms with Crippen molar-refractivity contribution < 1.29 is 54.7 Å². The molecule has 2 aliphatic rings. The van der Waals surface area contributed by atoms with E-state index in [0.717, 1.165) is 12.8 Å². The van der Waals surface area contributed by atoms with Gasteiger partial charge in [0.25, 0.3) is 0 Å². The van der Waals surface area contributed by atoms with Crippen molar-refractivity contribution in [2.75, 3.05) is 19.8 Å². The number of hydrogen-bond donors (Lipinski definition) is 7. The van der Waals surface area contributed by atoms with Crippen molar-refractivity contribution >= 4 is 0 Å². The molecule has 11 heteroatoms. The Kier molecular flexibility index (Phi) is 8.77. The van der Waals surface area contributed by atoms with Crippen molar-refractivity contribution in [1.29, 1.82) is 0 Å². The highest BCUT2D eigenvalue weighted by Gasteiger charge is 2.50. The van der Waals surface area contributed by atoms with Gasteiger partial charge >= 0.3 is 0 Å². The molecule has 0 saturated carbocycles. The molecular formula is C16H30O11. The zero-order chi connectivity index (χ0) is 20.1. The minimum absolute atomic E-state index is 0.293. The van der Waals surface area contributed by atoms with E-state index >= 15 is 0 Å². The fourth-order valence-corrected chi connectivity index (χ4v) is 3.04. The summed E-state index contributed by atoms with van der Waals surface area (Å²) in [5.74, 6) is 0. The molecule has 0 aromatic rings. The van der Waals surface area contributed by atoms with Crippen molar-refractivity contribution in [3.8, 4) is 0 Å². The van der Waals surface area contributed by atoms with E-state index in [1.165, 1.54) is 0 Å². The number of unbranched alkanes of at least 4 members (excludes halogenated alkanes) is 1. The Morgan fingerprint density at radius 1 is 0.741 bits per heavy atom. The molecule has 1 unspecified atom stereocenters. The number of hydrogen-bond acceptors (Lipinski definition) is 11. The van der Waals surface area contributed by atoms with Gasteiger partial charge in [0.05, 0.1) is 13.2 Å². The first-order valence-electron chi connectivity index (χ1n) is 9.05. The van der Waals surface area contributed by atoms with Crippen molar-refractivity contribution in [3.63, 3.8) is 0 Å². The normalized spacial score (nSPS) is 45.8. The van der Waals surface area contributed by atoms with Gasteiger partial charge in [0.1, 0.15) is 48.8 Å². The van der Waals surface area contributed by atoms with Gasteiger partial charge in [0.2, 0.25) is 0 Å². The Morgan fingerprint density at radius 3 is 1.93 bits per heavy atom. The van der Waals surface area contributed by atoms with Crippen LogP contribution in [0.5, 0.6) is 0 Å². The van der Waals surface area contributed by atoms with Gasteiger partial charge in [-0.25, -0.2) is 0 Å². The van der Waals surface area contributed by atoms with Crippen LogP contribution in [0.1, 0.15) is 19.8 Å². The van der Waals surface area contributed by atoms with Crippen LogP contribution in [-0.4, -0.2) is 117 Å². The van der Waals surface area contributed by atoms with Crippen LogP contribution in [0.3, 0.4) is 0 Å². The third-order valence-electron chi connectivity index (χ3n) is 4.74. The quantitative estimate of drug-likeness (QED) is 0.201. The van der Waals surface area contributed by atoms with Gasteiger partial charge in [-0.15, -0.1) is 0 Å². The molecule has 0 aromatic heterocycles. The summed E-state index contributed by atoms with van der Waals surface area (Å²) in [4.78, 5) is 0. The Bertz CT molecular complexity index is 435. The molecule has 27 heavy (non-hydrogen) atoms. The maximum atomic E-state index is 10.4. The van der Waals surface area contributed by atoms with Crippen LogP contribution in [0.4, 0.5) is 0 Å². The van der Waals surface area contributed by atoms with Crippen LogP contribution in [0.15, 0.2) is 0 Å². The summed E-state index contributed by atoms with van der Waals surface area (Å²) in [5, 5.41) is 69.0. The standard InChI is InChI=1S/C16H30O11/c1-2-3-4-24-15-13(23)11(21)14(8(6-18)26-15)27-16-12(22)10(20)9(19)7(5-17)25-16/h7-23H,2-6H2,1H3/t7-,8-,9+,10+,11-,12-,13-,14-,15-,16?/m1/s1. The van der Waals surface area contributed by atoms with E-state index < -0.39 is 74.6 Å². The summed E-state index contributed by atoms with van der Waals surface area (Å²) in [6.07, 6.45) is -12.7. The average Bonchev–Trinajstić information content (AvgIpc) is 2.67. The van der Waals surface area contributed by atoms with Gasteiger partial charge in [-0.3, -0.25) is 0 Å². The second-order valence-corrected chi connectivity index (χ2v) is 6.73. The number of aliphatic hydroxyl groups excluding tert-OH is 7. The fourth-order valence-electron chi connectivity index (χ4n) is 3.04. The first-order valence-corrected chi connectivity index (χ1v) is 9.05. The van der Waals surface area contributed by atoms with Gasteiger partial charge in [-0.1, -0.05) is 13.3 Å². The molecule has 0 aliphatic carbocycles. The minimum atomic E-state index is -1.69. The first kappa shape index (κ1) is 22.8. The lowest BCUT2D eigenvalue weighted by atomic mass is 9.97. The lowest BCUT2D eigenvalue weighted by Crippen LogP contribution is -2.64. The molecule has 2 aliphatic heterocycles. The second kappa shape index (κ2) is 10.4. The maximum absolute atomic E-state index is 10.4. The molecule has 7 N–H and O–H groups in total. The van der Waals surface area contributed by atoms with Crippen LogP contribution in [-0.2, 0) is 18.9 Å². The molecule has 160 valence electrons. The molecule has 0 amide bonds. The van der Waals surface area contributed by atoms with Gasteiger partial charge < -0.3 is 54.7 Å². The third-order valence-corrected chi connectivity index (χ3v) is 4.74. The van der Waals surface area contributed by atoms with Crippen LogP contribution in [0, 0.1) is 0 Å². The molecule has 0 aromatic carbocycles. The van der Waals surface area contributed by atoms with Crippen LogP contribution in [0.2, 0.25) is 0 Å². The molecule has 10 atom stereocenters. The lowest BCUT2D eigenvalue weighted by molar-refractivity contribution is -0.359. The maximum Gasteiger partial charge on any atom is 0.187 e. The van der Waals surface area contributed by atoms with Crippen molar-refractivity contribution in [2.45, 2.75) is 81.2 Å². The highest BCUT2D eigenvalue weighted by molar-refractivity contribution is 4.94. The summed E-state index contributed by atoms with van der Waals surface area (Å²) < 4.78 is 21.5. The number of aliphatic hydroxyl groups is 7. The van der Waals surface area contributed by atoms with E-state index in [9.17, 15) is 35.7 Å². The van der Waals surface area contributed by atoms with Gasteiger partial charge in [-0.2, -0.15) is 0 Å². The minimum Gasteiger partial charge on any atom is -0.394 e. The van der Waals surface area contributed by atoms with Gasteiger partial charge in [0.15, 0.2) is 12.6 Å². The molecule has 2 rings (SSSR count). The van der Waals surface area contributed by atoms with E-state index in [0.29, 0.717) is 6.61 Å². The molecule has 2 heterocycles. The van der Waals surface area contributed by atoms with E-state index in [1.54, 1.807) is 0 Å². The molecule has 0 radical (unpaired) electrons. The summed E-state index contributed by atoms with van der Waals surface area (Å²) in [5.41, 5.74) is 0. The second-order valence-electron chi connectivity index (χ2n) is 6.73. The summed E-state index contributed by atoms with van der Waals surface area (Å²) in [7, 11) is 0. The summed E-state index contributed by atoms with van der Waals surface area (Å²) >= 11 is 0. The zero-order valence-electron chi connectivity index (χ0n) is 15.1. The largest absolute Gasteiger partial charge is 0.394 e. The highest BCUT2D eigenvalue weighted by atomic mass is 16.7. The smallest absolute Gasteiger partial charge is 0.187 e. The van der Waals surface area contributed by atoms with Crippen molar-refractivity contribution in [2.24, 2.45) is 0 Å². The highest BCUT2D eigenvalue weighted by Crippen LogP contribution is 2.29. The number of ether oxygens (including phenoxy) is 4. The molecule has 2 saturated heterocycles. The van der Waals surface area contributed by atoms with Gasteiger partial charge in [-0.05, 0) is 6.42 Å². The summed E-state index contributed by atoms with van der Waals surface area (Å²) in [6.45, 7) is 1.02. The fraction of sp³-hybridized carbons (Fsp3) is 1.00. The van der Waals surface area contributed by atoms with E-state index in [2.05, 4.69) is 0 Å². The monoisotopic (exact) mass is 398 g/mol. The first-order chi connectivity index (χ1) is 12.8. The molecule has 0 spiro atoms. The predicted octanol–water partition coefficient (Wildman–Crippen LogP) is -3.57. The zero-order valence-corrected chi connectivity index (χ0v) is 15.1. The average molecular weight is 398 g/mol. The molecule has 0 bridgehead atoms. The Hall–Kier alpha value is -0.440. The lowest BCUT2D eigenvalue weighted by Gasteiger charge is -2.45. The van der Waals surface area contributed by atoms with Gasteiger partial charge in [0, 0.05) is 6.61 Å². The molecular weight excluding hydrogens is 368 g/mol. The van der Waals surface area contributed by atoms with E-state index in [4.69, 9.17) is 18.9 Å². The Morgan fingerprint density at radius 2 is 1.33 bits per heavy atom. The number of rotatable bonds is 8. The van der Waals surface area contributed by atoms with Crippen LogP contribution < -0.4 is 0 Å². The van der Waals surface area contributed by atoms with Crippen molar-refractivity contribution in [3.05, 3.63) is 0 Å².